The van der Waals surface area contributed by atoms with Gasteiger partial charge in [0, 0.05) is 24.9 Å². The van der Waals surface area contributed by atoms with Crippen molar-refractivity contribution in [1.29, 1.82) is 0 Å². The Hall–Kier alpha value is -3.50. The van der Waals surface area contributed by atoms with Crippen LogP contribution in [0.5, 0.6) is 0 Å². The molecule has 2 heterocycles. The number of carbonyl (C=O) groups is 1. The molecule has 2 aliphatic carbocycles. The van der Waals surface area contributed by atoms with Gasteiger partial charge < -0.3 is 13.8 Å². The molecular weight excluding hydrogens is 576 g/mol. The molecule has 1 N–H and O–H groups in total. The Labute approximate surface area is 260 Å². The molecule has 0 aliphatic heterocycles. The molecule has 3 aromatic rings. The van der Waals surface area contributed by atoms with Crippen molar-refractivity contribution < 1.29 is 22.5 Å². The maximum atomic E-state index is 14.8. The minimum absolute atomic E-state index is 0.0944. The largest absolute Gasteiger partial charge is 0.374 e. The number of nitrogens with one attached hydrogen (secondary N) is 1. The van der Waals surface area contributed by atoms with Crippen molar-refractivity contribution in [3.8, 4) is 0 Å². The maximum absolute atomic E-state index is 14.8. The lowest BCUT2D eigenvalue weighted by molar-refractivity contribution is -0.00978. The van der Waals surface area contributed by atoms with Crippen molar-refractivity contribution in [1.82, 2.24) is 14.7 Å². The van der Waals surface area contributed by atoms with Crippen molar-refractivity contribution in [2.24, 2.45) is 0 Å². The van der Waals surface area contributed by atoms with Crippen LogP contribution in [0.4, 0.5) is 5.88 Å². The summed E-state index contributed by atoms with van der Waals surface area (Å²) < 4.78 is 44.6. The monoisotopic (exact) mass is 620 g/mol. The number of nitrogens with zero attached hydrogens (tertiary/aromatic N) is 3. The molecule has 236 valence electrons. The number of imidazole rings is 1. The van der Waals surface area contributed by atoms with Crippen LogP contribution >= 0.6 is 0 Å². The van der Waals surface area contributed by atoms with Gasteiger partial charge in [-0.25, -0.2) is 18.1 Å². The van der Waals surface area contributed by atoms with Crippen LogP contribution in [-0.2, 0) is 34.1 Å². The lowest BCUT2D eigenvalue weighted by atomic mass is 9.82. The Morgan fingerprint density at radius 2 is 1.82 bits per heavy atom. The number of ketones is 1. The van der Waals surface area contributed by atoms with Crippen LogP contribution in [0, 0.1) is 13.8 Å². The SMILES string of the molecule is CCCc1nc2c(n1CC1=CC=C(c3ccccc3)C(COC(C)(C)C)(S(=O)(=O)Nc3onc(C)c3C)C1)C(=O)CCCC2. The van der Waals surface area contributed by atoms with Crippen molar-refractivity contribution >= 4 is 27.3 Å². The van der Waals surface area contributed by atoms with Gasteiger partial charge in [-0.1, -0.05) is 54.6 Å². The summed E-state index contributed by atoms with van der Waals surface area (Å²) in [4.78, 5) is 18.3. The molecule has 9 nitrogen and oxygen atoms in total. The van der Waals surface area contributed by atoms with E-state index < -0.39 is 20.4 Å². The molecule has 1 unspecified atom stereocenters. The number of aryl methyl sites for hydroxylation is 3. The zero-order chi connectivity index (χ0) is 31.7. The second-order valence-corrected chi connectivity index (χ2v) is 15.0. The van der Waals surface area contributed by atoms with Crippen LogP contribution in [0.3, 0.4) is 0 Å². The quantitative estimate of drug-likeness (QED) is 0.249. The summed E-state index contributed by atoms with van der Waals surface area (Å²) in [5.41, 5.74) is 4.45. The van der Waals surface area contributed by atoms with Crippen molar-refractivity contribution in [2.45, 2.75) is 103 Å². The molecule has 0 radical (unpaired) electrons. The number of Topliss-reactive ketones (excluding diaryl/α,β-unsaturated/α-hetero) is 1. The van der Waals surface area contributed by atoms with E-state index >= 15 is 0 Å². The highest BCUT2D eigenvalue weighted by molar-refractivity contribution is 7.94. The minimum atomic E-state index is -4.20. The number of hydrogen-bond acceptors (Lipinski definition) is 7. The molecule has 0 saturated heterocycles. The summed E-state index contributed by atoms with van der Waals surface area (Å²) in [6.45, 7) is 11.7. The molecule has 1 atom stereocenters. The minimum Gasteiger partial charge on any atom is -0.374 e. The second kappa shape index (κ2) is 12.5. The Morgan fingerprint density at radius 3 is 2.48 bits per heavy atom. The number of sulfonamides is 1. The molecule has 5 rings (SSSR count). The van der Waals surface area contributed by atoms with Gasteiger partial charge in [0.05, 0.1) is 23.6 Å². The van der Waals surface area contributed by atoms with Gasteiger partial charge >= 0.3 is 0 Å². The Balaban J connectivity index is 1.65. The number of carbonyl (C=O) groups excluding carboxylic acids is 1. The van der Waals surface area contributed by atoms with E-state index in [0.717, 1.165) is 54.8 Å². The first-order valence-corrected chi connectivity index (χ1v) is 17.0. The lowest BCUT2D eigenvalue weighted by Crippen LogP contribution is -2.50. The van der Waals surface area contributed by atoms with Crippen LogP contribution in [0.2, 0.25) is 0 Å². The zero-order valence-corrected chi connectivity index (χ0v) is 27.5. The highest BCUT2D eigenvalue weighted by Gasteiger charge is 2.51. The fourth-order valence-corrected chi connectivity index (χ4v) is 7.69. The van der Waals surface area contributed by atoms with Crippen molar-refractivity contribution in [3.05, 3.63) is 82.1 Å². The van der Waals surface area contributed by atoms with E-state index in [-0.39, 0.29) is 24.7 Å². The molecule has 0 spiro atoms. The van der Waals surface area contributed by atoms with Crippen LogP contribution in [0.25, 0.3) is 5.57 Å². The standard InChI is InChI=1S/C34H44N4O5S/c1-7-13-30-35-28-16-11-12-17-29(39)31(28)38(30)21-25-18-19-27(26-14-9-8-10-15-26)34(20-25,22-42-33(4,5)6)44(40,41)37-32-23(2)24(3)36-43-32/h8-10,14-15,18-19,37H,7,11-13,16-17,20-22H2,1-6H3. The third-order valence-corrected chi connectivity index (χ3v) is 10.5. The van der Waals surface area contributed by atoms with Gasteiger partial charge in [0.15, 0.2) is 5.78 Å². The van der Waals surface area contributed by atoms with Gasteiger partial charge in [-0.3, -0.25) is 4.79 Å². The lowest BCUT2D eigenvalue weighted by Gasteiger charge is -2.40. The highest BCUT2D eigenvalue weighted by atomic mass is 32.2. The molecule has 0 bridgehead atoms. The summed E-state index contributed by atoms with van der Waals surface area (Å²) in [6, 6.07) is 9.55. The maximum Gasteiger partial charge on any atom is 0.247 e. The number of benzene rings is 1. The predicted octanol–water partition coefficient (Wildman–Crippen LogP) is 6.76. The van der Waals surface area contributed by atoms with Gasteiger partial charge in [-0.2, -0.15) is 0 Å². The van der Waals surface area contributed by atoms with Crippen LogP contribution in [-0.4, -0.2) is 45.9 Å². The first-order chi connectivity index (χ1) is 20.8. The van der Waals surface area contributed by atoms with E-state index in [1.165, 1.54) is 0 Å². The van der Waals surface area contributed by atoms with E-state index in [4.69, 9.17) is 14.2 Å². The summed E-state index contributed by atoms with van der Waals surface area (Å²) >= 11 is 0. The summed E-state index contributed by atoms with van der Waals surface area (Å²) in [5.74, 6) is 1.07. The summed E-state index contributed by atoms with van der Waals surface area (Å²) in [7, 11) is -4.20. The summed E-state index contributed by atoms with van der Waals surface area (Å²) in [6.07, 6.45) is 8.73. The van der Waals surface area contributed by atoms with E-state index in [2.05, 4.69) is 16.8 Å². The van der Waals surface area contributed by atoms with E-state index in [1.54, 1.807) is 13.8 Å². The third kappa shape index (κ3) is 6.33. The van der Waals surface area contributed by atoms with Crippen molar-refractivity contribution in [3.63, 3.8) is 0 Å². The number of anilines is 1. The molecule has 0 saturated carbocycles. The van der Waals surface area contributed by atoms with Gasteiger partial charge in [-0.15, -0.1) is 0 Å². The predicted molar refractivity (Wildman–Crippen MR) is 172 cm³/mol. The van der Waals surface area contributed by atoms with Crippen LogP contribution < -0.4 is 4.72 Å². The normalized spacial score (nSPS) is 19.3. The van der Waals surface area contributed by atoms with Crippen LogP contribution in [0.1, 0.15) is 98.6 Å². The molecule has 0 fully saturated rings. The smallest absolute Gasteiger partial charge is 0.247 e. The van der Waals surface area contributed by atoms with Gasteiger partial charge in [0.25, 0.3) is 0 Å². The van der Waals surface area contributed by atoms with Gasteiger partial charge in [-0.05, 0) is 83.4 Å². The summed E-state index contributed by atoms with van der Waals surface area (Å²) in [5, 5.41) is 3.98. The number of rotatable bonds is 10. The fourth-order valence-electron chi connectivity index (χ4n) is 5.99. The third-order valence-electron chi connectivity index (χ3n) is 8.50. The Morgan fingerprint density at radius 1 is 1.09 bits per heavy atom. The topological polar surface area (TPSA) is 116 Å². The molecule has 1 aromatic carbocycles. The Bertz CT molecular complexity index is 1690. The van der Waals surface area contributed by atoms with Crippen molar-refractivity contribution in [2.75, 3.05) is 11.3 Å². The molecule has 10 heteroatoms. The average molecular weight is 621 g/mol. The molecule has 0 amide bonds. The fraction of sp³-hybridized carbons (Fsp3) is 0.500. The van der Waals surface area contributed by atoms with E-state index in [9.17, 15) is 13.2 Å². The number of aromatic nitrogens is 3. The highest BCUT2D eigenvalue weighted by Crippen LogP contribution is 2.45. The number of fused-ring (bicyclic) bond motifs is 1. The van der Waals surface area contributed by atoms with E-state index in [0.29, 0.717) is 35.5 Å². The van der Waals surface area contributed by atoms with Gasteiger partial charge in [0.1, 0.15) is 16.3 Å². The Kier molecular flexibility index (Phi) is 9.05. The molecular formula is C34H44N4O5S. The van der Waals surface area contributed by atoms with E-state index in [1.807, 2.05) is 67.8 Å². The molecule has 44 heavy (non-hydrogen) atoms. The number of hydrogen-bond donors (Lipinski definition) is 1. The average Bonchev–Trinajstić information content (AvgIpc) is 3.40. The molecule has 2 aliphatic rings. The van der Waals surface area contributed by atoms with Crippen LogP contribution in [0.15, 0.2) is 52.6 Å². The second-order valence-electron chi connectivity index (χ2n) is 13.0. The van der Waals surface area contributed by atoms with Gasteiger partial charge in [0.2, 0.25) is 15.9 Å². The first kappa shape index (κ1) is 31.9. The number of allylic oxidation sites excluding steroid dienone is 3. The molecule has 2 aromatic heterocycles. The zero-order valence-electron chi connectivity index (χ0n) is 26.7. The first-order valence-electron chi connectivity index (χ1n) is 15.5. The number of ether oxygens (including phenoxy) is 1.